The Hall–Kier alpha value is -4.73. The van der Waals surface area contributed by atoms with Crippen LogP contribution in [0.2, 0.25) is 0 Å². The number of halogens is 1. The number of anilines is 1. The molecule has 0 saturated carbocycles. The Bertz CT molecular complexity index is 1800. The minimum atomic E-state index is -4.39. The normalized spacial score (nSPS) is 11.5. The molecule has 0 saturated heterocycles. The van der Waals surface area contributed by atoms with Crippen molar-refractivity contribution >= 4 is 60.2 Å². The molecular formula is C28H20BrN3O7S. The van der Waals surface area contributed by atoms with Gasteiger partial charge in [-0.05, 0) is 81.7 Å². The highest BCUT2D eigenvalue weighted by atomic mass is 79.9. The number of hydrogen-bond acceptors (Lipinski definition) is 8. The smallest absolute Gasteiger partial charge is 0.339 e. The van der Waals surface area contributed by atoms with E-state index in [1.54, 1.807) is 19.1 Å². The first-order valence-corrected chi connectivity index (χ1v) is 13.9. The van der Waals surface area contributed by atoms with E-state index in [-0.39, 0.29) is 38.7 Å². The van der Waals surface area contributed by atoms with E-state index in [0.29, 0.717) is 11.3 Å². The van der Waals surface area contributed by atoms with Gasteiger partial charge in [-0.25, -0.2) is 0 Å². The Labute approximate surface area is 237 Å². The number of nitrogens with one attached hydrogen (secondary N) is 1. The third-order valence-corrected chi connectivity index (χ3v) is 7.37. The predicted molar refractivity (Wildman–Crippen MR) is 152 cm³/mol. The van der Waals surface area contributed by atoms with E-state index in [1.807, 2.05) is 36.4 Å². The number of fused-ring (bicyclic) bond motifs is 1. The van der Waals surface area contributed by atoms with Gasteiger partial charge in [0, 0.05) is 17.8 Å². The van der Waals surface area contributed by atoms with E-state index < -0.39 is 20.9 Å². The van der Waals surface area contributed by atoms with E-state index in [0.717, 1.165) is 35.0 Å². The van der Waals surface area contributed by atoms with Crippen molar-refractivity contribution in [3.63, 3.8) is 0 Å². The second kappa shape index (κ2) is 12.0. The number of carbonyl (C=O) groups excluding carboxylic acids is 1. The van der Waals surface area contributed by atoms with Gasteiger partial charge in [0.1, 0.15) is 16.5 Å². The van der Waals surface area contributed by atoms with Gasteiger partial charge in [-0.3, -0.25) is 14.9 Å². The lowest BCUT2D eigenvalue weighted by Gasteiger charge is -2.14. The van der Waals surface area contributed by atoms with Gasteiger partial charge in [-0.1, -0.05) is 30.3 Å². The third-order valence-electron chi connectivity index (χ3n) is 5.54. The number of rotatable bonds is 9. The molecule has 0 aliphatic carbocycles. The maximum absolute atomic E-state index is 12.9. The van der Waals surface area contributed by atoms with Crippen LogP contribution >= 0.6 is 15.9 Å². The molecule has 0 aliphatic heterocycles. The zero-order valence-electron chi connectivity index (χ0n) is 20.8. The molecule has 1 N–H and O–H groups in total. The standard InChI is InChI=1S/C28H20BrN3O7S/c1-2-38-26-15-18(13-21(17-30)28(33)31-22-8-7-19-5-3-4-6-20(19)16-22)14-25(29)27(26)39-40(36,37)24-11-9-23(10-12-24)32(34)35/h3-16H,2H2,1H3,(H,31,33)/b21-13+. The quantitative estimate of drug-likeness (QED) is 0.0760. The molecule has 202 valence electrons. The number of ether oxygens (including phenoxy) is 1. The summed E-state index contributed by atoms with van der Waals surface area (Å²) in [4.78, 5) is 22.8. The van der Waals surface area contributed by atoms with Crippen molar-refractivity contribution in [2.75, 3.05) is 11.9 Å². The second-order valence-corrected chi connectivity index (χ2v) is 10.6. The molecule has 0 spiro atoms. The monoisotopic (exact) mass is 621 g/mol. The summed E-state index contributed by atoms with van der Waals surface area (Å²) >= 11 is 3.28. The van der Waals surface area contributed by atoms with Crippen LogP contribution in [0.25, 0.3) is 16.8 Å². The summed E-state index contributed by atoms with van der Waals surface area (Å²) in [7, 11) is -4.39. The summed E-state index contributed by atoms with van der Waals surface area (Å²) in [6.07, 6.45) is 1.33. The SMILES string of the molecule is CCOc1cc(/C=C(\C#N)C(=O)Nc2ccc3ccccc3c2)cc(Br)c1OS(=O)(=O)c1ccc([N+](=O)[O-])cc1. The topological polar surface area (TPSA) is 149 Å². The van der Waals surface area contributed by atoms with Crippen molar-refractivity contribution in [1.82, 2.24) is 0 Å². The first-order chi connectivity index (χ1) is 19.1. The highest BCUT2D eigenvalue weighted by molar-refractivity contribution is 9.10. The van der Waals surface area contributed by atoms with Gasteiger partial charge in [0.15, 0.2) is 11.5 Å². The molecule has 0 aromatic heterocycles. The molecule has 10 nitrogen and oxygen atoms in total. The van der Waals surface area contributed by atoms with Crippen LogP contribution in [0.1, 0.15) is 12.5 Å². The summed E-state index contributed by atoms with van der Waals surface area (Å²) in [6, 6.07) is 22.0. The fraction of sp³-hybridized carbons (Fsp3) is 0.0714. The van der Waals surface area contributed by atoms with Crippen molar-refractivity contribution in [3.8, 4) is 17.6 Å². The summed E-state index contributed by atoms with van der Waals surface area (Å²) in [5.74, 6) is -0.773. The fourth-order valence-corrected chi connectivity index (χ4v) is 5.29. The molecule has 0 bridgehead atoms. The Morgan fingerprint density at radius 2 is 1.77 bits per heavy atom. The number of nitro groups is 1. The van der Waals surface area contributed by atoms with Crippen LogP contribution in [-0.2, 0) is 14.9 Å². The molecule has 0 fully saturated rings. The van der Waals surface area contributed by atoms with Crippen molar-refractivity contribution in [1.29, 1.82) is 5.26 Å². The number of hydrogen-bond donors (Lipinski definition) is 1. The summed E-state index contributed by atoms with van der Waals surface area (Å²) in [6.45, 7) is 1.84. The Balaban J connectivity index is 1.61. The molecule has 0 atom stereocenters. The maximum atomic E-state index is 12.9. The number of carbonyl (C=O) groups is 1. The number of benzene rings is 4. The third kappa shape index (κ3) is 6.45. The average molecular weight is 622 g/mol. The molecule has 12 heteroatoms. The first kappa shape index (κ1) is 28.3. The largest absolute Gasteiger partial charge is 0.490 e. The average Bonchev–Trinajstić information content (AvgIpc) is 2.93. The lowest BCUT2D eigenvalue weighted by molar-refractivity contribution is -0.384. The zero-order chi connectivity index (χ0) is 28.9. The van der Waals surface area contributed by atoms with E-state index >= 15 is 0 Å². The minimum Gasteiger partial charge on any atom is -0.490 e. The molecule has 0 heterocycles. The minimum absolute atomic E-state index is 0.0286. The van der Waals surface area contributed by atoms with E-state index in [2.05, 4.69) is 21.2 Å². The molecule has 0 unspecified atom stereocenters. The highest BCUT2D eigenvalue weighted by Crippen LogP contribution is 2.39. The van der Waals surface area contributed by atoms with Crippen molar-refractivity contribution in [2.45, 2.75) is 11.8 Å². The number of amides is 1. The van der Waals surface area contributed by atoms with Crippen molar-refractivity contribution in [2.24, 2.45) is 0 Å². The zero-order valence-corrected chi connectivity index (χ0v) is 23.2. The molecule has 40 heavy (non-hydrogen) atoms. The van der Waals surface area contributed by atoms with Crippen LogP contribution in [-0.4, -0.2) is 25.9 Å². The number of nitro benzene ring substituents is 1. The summed E-state index contributed by atoms with van der Waals surface area (Å²) < 4.78 is 36.8. The molecular weight excluding hydrogens is 602 g/mol. The van der Waals surface area contributed by atoms with Crippen molar-refractivity contribution in [3.05, 3.63) is 105 Å². The molecule has 4 rings (SSSR count). The van der Waals surface area contributed by atoms with Crippen molar-refractivity contribution < 1.29 is 27.1 Å². The fourth-order valence-electron chi connectivity index (χ4n) is 3.69. The van der Waals surface area contributed by atoms with Crippen LogP contribution in [0.3, 0.4) is 0 Å². The predicted octanol–water partition coefficient (Wildman–Crippen LogP) is 6.22. The Morgan fingerprint density at radius 1 is 1.07 bits per heavy atom. The van der Waals surface area contributed by atoms with Crippen LogP contribution < -0.4 is 14.2 Å². The number of non-ortho nitro benzene ring substituents is 1. The molecule has 0 aliphatic rings. The first-order valence-electron chi connectivity index (χ1n) is 11.7. The Kier molecular flexibility index (Phi) is 8.47. The van der Waals surface area contributed by atoms with Gasteiger partial charge in [0.2, 0.25) is 0 Å². The molecule has 1 amide bonds. The van der Waals surface area contributed by atoms with E-state index in [4.69, 9.17) is 8.92 Å². The highest BCUT2D eigenvalue weighted by Gasteiger charge is 2.23. The maximum Gasteiger partial charge on any atom is 0.339 e. The van der Waals surface area contributed by atoms with Gasteiger partial charge in [0.05, 0.1) is 16.0 Å². The van der Waals surface area contributed by atoms with Gasteiger partial charge in [-0.2, -0.15) is 13.7 Å². The van der Waals surface area contributed by atoms with Crippen LogP contribution in [0.5, 0.6) is 11.5 Å². The van der Waals surface area contributed by atoms with Crippen LogP contribution in [0.15, 0.2) is 93.8 Å². The van der Waals surface area contributed by atoms with E-state index in [9.17, 15) is 28.6 Å². The van der Waals surface area contributed by atoms with Crippen LogP contribution in [0.4, 0.5) is 11.4 Å². The Morgan fingerprint density at radius 3 is 2.42 bits per heavy atom. The number of nitrogens with zero attached hydrogens (tertiary/aromatic N) is 2. The summed E-state index contributed by atoms with van der Waals surface area (Å²) in [5.41, 5.74) is 0.403. The van der Waals surface area contributed by atoms with Gasteiger partial charge in [-0.15, -0.1) is 0 Å². The van der Waals surface area contributed by atoms with Crippen LogP contribution in [0, 0.1) is 21.4 Å². The van der Waals surface area contributed by atoms with Gasteiger partial charge >= 0.3 is 10.1 Å². The molecule has 0 radical (unpaired) electrons. The van der Waals surface area contributed by atoms with E-state index in [1.165, 1.54) is 18.2 Å². The summed E-state index contributed by atoms with van der Waals surface area (Å²) in [5, 5.41) is 25.2. The number of nitriles is 1. The lowest BCUT2D eigenvalue weighted by atomic mass is 10.1. The molecule has 4 aromatic rings. The van der Waals surface area contributed by atoms with Gasteiger partial charge < -0.3 is 14.2 Å². The second-order valence-electron chi connectivity index (χ2n) is 8.24. The lowest BCUT2D eigenvalue weighted by Crippen LogP contribution is -2.13. The van der Waals surface area contributed by atoms with Gasteiger partial charge in [0.25, 0.3) is 11.6 Å². The molecule has 4 aromatic carbocycles.